The normalized spacial score (nSPS) is 12.0. The van der Waals surface area contributed by atoms with Crippen molar-refractivity contribution in [2.75, 3.05) is 59.7 Å². The number of nitrogens with zero attached hydrogens (tertiary/aromatic N) is 1. The van der Waals surface area contributed by atoms with E-state index in [1.165, 1.54) is 68.4 Å². The van der Waals surface area contributed by atoms with E-state index in [2.05, 4.69) is 79.0 Å². The molecule has 0 atom stereocenters. The minimum Gasteiger partial charge on any atom is -0.466 e. The van der Waals surface area contributed by atoms with Gasteiger partial charge in [-0.1, -0.05) is 94.4 Å². The van der Waals surface area contributed by atoms with Crippen molar-refractivity contribution in [3.05, 3.63) is 54.1 Å². The molecular formula is C44H78N2O5S. The highest BCUT2D eigenvalue weighted by molar-refractivity contribution is 7.97. The van der Waals surface area contributed by atoms with Gasteiger partial charge in [0.15, 0.2) is 6.29 Å². The number of methoxy groups -OCH3 is 1. The van der Waals surface area contributed by atoms with Crippen molar-refractivity contribution >= 4 is 17.9 Å². The molecule has 0 radical (unpaired) electrons. The number of carbonyl (C=O) groups excluding carboxylic acids is 1. The van der Waals surface area contributed by atoms with Crippen molar-refractivity contribution < 1.29 is 23.7 Å². The zero-order valence-corrected chi connectivity index (χ0v) is 34.7. The number of rotatable bonds is 38. The molecule has 1 rings (SSSR count). The number of hydrogen-bond acceptors (Lipinski definition) is 8. The molecule has 300 valence electrons. The maximum atomic E-state index is 12.5. The van der Waals surface area contributed by atoms with E-state index >= 15 is 0 Å². The molecule has 0 heterocycles. The molecule has 0 bridgehead atoms. The molecule has 0 aliphatic carbocycles. The van der Waals surface area contributed by atoms with Gasteiger partial charge in [-0.2, -0.15) is 0 Å². The molecule has 1 N–H and O–H groups in total. The minimum absolute atomic E-state index is 0.143. The van der Waals surface area contributed by atoms with Crippen LogP contribution >= 0.6 is 11.9 Å². The molecular weight excluding hydrogens is 669 g/mol. The summed E-state index contributed by atoms with van der Waals surface area (Å²) in [6.07, 6.45) is 29.9. The fourth-order valence-electron chi connectivity index (χ4n) is 5.80. The summed E-state index contributed by atoms with van der Waals surface area (Å²) in [6.45, 7) is 13.5. The lowest BCUT2D eigenvalue weighted by atomic mass is 10.1. The first-order chi connectivity index (χ1) is 25.6. The number of allylic oxidation sites excluding steroid dienone is 4. The topological polar surface area (TPSA) is 69.3 Å². The molecule has 8 heteroatoms. The number of hydrogen-bond donors (Lipinski definition) is 1. The molecule has 0 spiro atoms. The van der Waals surface area contributed by atoms with E-state index in [0.717, 1.165) is 90.4 Å². The smallest absolute Gasteiger partial charge is 0.305 e. The largest absolute Gasteiger partial charge is 0.466 e. The van der Waals surface area contributed by atoms with Gasteiger partial charge in [-0.25, -0.2) is 0 Å². The predicted octanol–water partition coefficient (Wildman–Crippen LogP) is 11.4. The monoisotopic (exact) mass is 747 g/mol. The summed E-state index contributed by atoms with van der Waals surface area (Å²) in [4.78, 5) is 16.4. The summed E-state index contributed by atoms with van der Waals surface area (Å²) in [5.41, 5.74) is 1.30. The van der Waals surface area contributed by atoms with E-state index in [4.69, 9.17) is 18.9 Å². The van der Waals surface area contributed by atoms with E-state index in [1.54, 1.807) is 19.1 Å². The molecule has 0 aliphatic heterocycles. The number of carbonyl (C=O) groups is 1. The van der Waals surface area contributed by atoms with Gasteiger partial charge in [0.1, 0.15) is 0 Å². The molecule has 0 saturated carbocycles. The summed E-state index contributed by atoms with van der Waals surface area (Å²) in [7, 11) is 1.79. The molecule has 0 aromatic heterocycles. The van der Waals surface area contributed by atoms with Crippen LogP contribution in [0.15, 0.2) is 53.5 Å². The van der Waals surface area contributed by atoms with Crippen LogP contribution < -0.4 is 4.72 Å². The van der Waals surface area contributed by atoms with E-state index in [0.29, 0.717) is 32.7 Å². The predicted molar refractivity (Wildman–Crippen MR) is 222 cm³/mol. The highest BCUT2D eigenvalue weighted by Gasteiger charge is 2.13. The van der Waals surface area contributed by atoms with Crippen LogP contribution in [0.4, 0.5) is 0 Å². The van der Waals surface area contributed by atoms with E-state index in [-0.39, 0.29) is 12.3 Å². The lowest BCUT2D eigenvalue weighted by molar-refractivity contribution is -0.159. The van der Waals surface area contributed by atoms with Crippen molar-refractivity contribution in [2.45, 2.75) is 160 Å². The second-order valence-corrected chi connectivity index (χ2v) is 14.8. The summed E-state index contributed by atoms with van der Waals surface area (Å²) in [5.74, 6) is -0.143. The van der Waals surface area contributed by atoms with Crippen LogP contribution in [0.5, 0.6) is 0 Å². The van der Waals surface area contributed by atoms with Crippen LogP contribution in [0, 0.1) is 6.92 Å². The molecule has 7 nitrogen and oxygen atoms in total. The lowest BCUT2D eigenvalue weighted by Crippen LogP contribution is -2.32. The average Bonchev–Trinajstić information content (AvgIpc) is 3.15. The van der Waals surface area contributed by atoms with E-state index in [1.807, 2.05) is 0 Å². The number of benzene rings is 1. The Kier molecular flexibility index (Phi) is 35.0. The second-order valence-electron chi connectivity index (χ2n) is 13.9. The van der Waals surface area contributed by atoms with Gasteiger partial charge in [-0.05, 0) is 121 Å². The third kappa shape index (κ3) is 31.8. The van der Waals surface area contributed by atoms with Gasteiger partial charge in [0.2, 0.25) is 0 Å². The highest BCUT2D eigenvalue weighted by atomic mass is 32.2. The Labute approximate surface area is 324 Å². The third-order valence-electron chi connectivity index (χ3n) is 8.97. The Bertz CT molecular complexity index is 950. The van der Waals surface area contributed by atoms with Gasteiger partial charge in [0.05, 0.1) is 13.0 Å². The Morgan fingerprint density at radius 1 is 0.692 bits per heavy atom. The van der Waals surface area contributed by atoms with Gasteiger partial charge in [0.25, 0.3) is 0 Å². The van der Waals surface area contributed by atoms with Crippen molar-refractivity contribution in [3.8, 4) is 0 Å². The third-order valence-corrected chi connectivity index (χ3v) is 9.83. The first-order valence-electron chi connectivity index (χ1n) is 21.0. The van der Waals surface area contributed by atoms with Crippen LogP contribution in [0.3, 0.4) is 0 Å². The summed E-state index contributed by atoms with van der Waals surface area (Å²) in [6, 6.07) is 8.70. The summed E-state index contributed by atoms with van der Waals surface area (Å²) >= 11 is 1.73. The molecule has 0 aliphatic rings. The standard InChI is InChI=1S/C44H78N2O5S/c1-5-7-9-11-18-25-39-50-44(51-40-26-19-12-10-8-6-2)32-31-43(47)49-38-24-20-14-16-22-35-46(34-21-15-13-17-23-37-48-4)36-33-45-52-42-29-27-41(3)28-30-42/h7-10,27-30,44-45H,5-6,11-26,31-40H2,1-4H3/b9-7-,10-8-. The number of esters is 1. The summed E-state index contributed by atoms with van der Waals surface area (Å²) < 4.78 is 26.5. The number of nitrogens with one attached hydrogen (secondary N) is 1. The fourth-order valence-corrected chi connectivity index (χ4v) is 6.43. The zero-order chi connectivity index (χ0) is 37.6. The Morgan fingerprint density at radius 2 is 1.23 bits per heavy atom. The highest BCUT2D eigenvalue weighted by Crippen LogP contribution is 2.15. The van der Waals surface area contributed by atoms with Gasteiger partial charge < -0.3 is 23.8 Å². The van der Waals surface area contributed by atoms with Crippen LogP contribution in [0.25, 0.3) is 0 Å². The maximum Gasteiger partial charge on any atom is 0.305 e. The number of unbranched alkanes of at least 4 members (excludes halogenated alkanes) is 12. The summed E-state index contributed by atoms with van der Waals surface area (Å²) in [5, 5.41) is 0. The molecule has 0 amide bonds. The quantitative estimate of drug-likeness (QED) is 0.0236. The molecule has 52 heavy (non-hydrogen) atoms. The van der Waals surface area contributed by atoms with Crippen LogP contribution in [0.2, 0.25) is 0 Å². The van der Waals surface area contributed by atoms with E-state index < -0.39 is 0 Å². The van der Waals surface area contributed by atoms with Crippen molar-refractivity contribution in [1.82, 2.24) is 9.62 Å². The fraction of sp³-hybridized carbons (Fsp3) is 0.750. The first-order valence-corrected chi connectivity index (χ1v) is 21.8. The minimum atomic E-state index is -0.340. The average molecular weight is 747 g/mol. The number of aryl methyl sites for hydroxylation is 1. The Morgan fingerprint density at radius 3 is 1.81 bits per heavy atom. The lowest BCUT2D eigenvalue weighted by Gasteiger charge is -2.22. The van der Waals surface area contributed by atoms with Crippen molar-refractivity contribution in [2.24, 2.45) is 0 Å². The zero-order valence-electron chi connectivity index (χ0n) is 33.9. The van der Waals surface area contributed by atoms with Gasteiger partial charge in [-0.15, -0.1) is 0 Å². The van der Waals surface area contributed by atoms with Gasteiger partial charge in [0, 0.05) is 51.3 Å². The van der Waals surface area contributed by atoms with Gasteiger partial charge in [-0.3, -0.25) is 9.52 Å². The number of ether oxygens (including phenoxy) is 4. The molecule has 0 fully saturated rings. The van der Waals surface area contributed by atoms with Crippen molar-refractivity contribution in [3.63, 3.8) is 0 Å². The molecule has 0 unspecified atom stereocenters. The van der Waals surface area contributed by atoms with Crippen LogP contribution in [-0.4, -0.2) is 76.9 Å². The Balaban J connectivity index is 2.27. The SMILES string of the molecule is CC/C=C\CCCCOC(CCC(=O)OCCCCCCCN(CCCCCCCOC)CCNSc1ccc(C)cc1)OCCCC/C=C\CC. The molecule has 1 aromatic carbocycles. The molecule has 1 aromatic rings. The van der Waals surface area contributed by atoms with Gasteiger partial charge >= 0.3 is 5.97 Å². The van der Waals surface area contributed by atoms with Crippen molar-refractivity contribution in [1.29, 1.82) is 0 Å². The van der Waals surface area contributed by atoms with Crippen LogP contribution in [-0.2, 0) is 23.7 Å². The Hall–Kier alpha value is -1.68. The van der Waals surface area contributed by atoms with Crippen LogP contribution in [0.1, 0.15) is 148 Å². The maximum absolute atomic E-state index is 12.5. The molecule has 0 saturated heterocycles. The first kappa shape index (κ1) is 48.3. The second kappa shape index (κ2) is 37.6. The van der Waals surface area contributed by atoms with E-state index in [9.17, 15) is 4.79 Å².